The van der Waals surface area contributed by atoms with Crippen LogP contribution in [0, 0.1) is 0 Å². The van der Waals surface area contributed by atoms with Gasteiger partial charge in [0.15, 0.2) is 6.04 Å². The molecule has 2 rings (SSSR count). The molecule has 5 heteroatoms. The molecule has 2 aromatic rings. The summed E-state index contributed by atoms with van der Waals surface area (Å²) in [4.78, 5) is 16.7. The van der Waals surface area contributed by atoms with Crippen molar-refractivity contribution >= 4 is 27.5 Å². The fourth-order valence-electron chi connectivity index (χ4n) is 1.63. The van der Waals surface area contributed by atoms with E-state index >= 15 is 0 Å². The van der Waals surface area contributed by atoms with Crippen LogP contribution in [-0.2, 0) is 11.3 Å². The number of thiazole rings is 1. The average molecular weight is 250 g/mol. The molecular formula is C12H16N3OS+. The van der Waals surface area contributed by atoms with Crippen LogP contribution in [0.3, 0.4) is 0 Å². The second-order valence-electron chi connectivity index (χ2n) is 4.22. The molecule has 4 nitrogen and oxygen atoms in total. The summed E-state index contributed by atoms with van der Waals surface area (Å²) >= 11 is 1.67. The van der Waals surface area contributed by atoms with Gasteiger partial charge in [0.2, 0.25) is 0 Å². The average Bonchev–Trinajstić information content (AvgIpc) is 2.69. The summed E-state index contributed by atoms with van der Waals surface area (Å²) in [7, 11) is 1.96. The Kier molecular flexibility index (Phi) is 3.40. The van der Waals surface area contributed by atoms with Crippen molar-refractivity contribution < 1.29 is 9.69 Å². The maximum absolute atomic E-state index is 11.1. The number of hydrogen-bond acceptors (Lipinski definition) is 3. The fourth-order valence-corrected chi connectivity index (χ4v) is 2.69. The molecule has 1 aromatic carbocycles. The molecule has 90 valence electrons. The lowest BCUT2D eigenvalue weighted by Gasteiger charge is -2.17. The second kappa shape index (κ2) is 4.81. The third-order valence-corrected chi connectivity index (χ3v) is 3.97. The molecule has 0 aliphatic rings. The maximum atomic E-state index is 11.1. The highest BCUT2D eigenvalue weighted by Gasteiger charge is 2.20. The highest BCUT2D eigenvalue weighted by Crippen LogP contribution is 2.20. The number of nitrogens with two attached hydrogens (primary N) is 1. The van der Waals surface area contributed by atoms with Gasteiger partial charge in [0, 0.05) is 0 Å². The number of hydrogen-bond donors (Lipinski definition) is 2. The van der Waals surface area contributed by atoms with Gasteiger partial charge >= 0.3 is 0 Å². The number of carbonyl (C=O) groups is 1. The predicted molar refractivity (Wildman–Crippen MR) is 68.9 cm³/mol. The summed E-state index contributed by atoms with van der Waals surface area (Å²) < 4.78 is 1.18. The van der Waals surface area contributed by atoms with Crippen molar-refractivity contribution in [2.75, 3.05) is 7.05 Å². The molecule has 1 unspecified atom stereocenters. The van der Waals surface area contributed by atoms with Crippen molar-refractivity contribution in [3.63, 3.8) is 0 Å². The Bertz CT molecular complexity index is 504. The van der Waals surface area contributed by atoms with Gasteiger partial charge < -0.3 is 10.6 Å². The molecule has 0 aliphatic carbocycles. The normalized spacial score (nSPS) is 14.7. The Hall–Kier alpha value is -1.46. The zero-order valence-electron chi connectivity index (χ0n) is 9.93. The molecule has 1 aromatic heterocycles. The highest BCUT2D eigenvalue weighted by atomic mass is 32.1. The number of amides is 1. The molecule has 0 saturated heterocycles. The molecule has 0 fully saturated rings. The first-order chi connectivity index (χ1) is 8.08. The van der Waals surface area contributed by atoms with Crippen LogP contribution in [0.25, 0.3) is 10.2 Å². The van der Waals surface area contributed by atoms with E-state index in [1.165, 1.54) is 4.70 Å². The van der Waals surface area contributed by atoms with Crippen LogP contribution in [0.2, 0.25) is 0 Å². The van der Waals surface area contributed by atoms with Gasteiger partial charge in [0.05, 0.1) is 17.3 Å². The monoisotopic (exact) mass is 250 g/mol. The van der Waals surface area contributed by atoms with E-state index in [9.17, 15) is 4.79 Å². The van der Waals surface area contributed by atoms with Crippen molar-refractivity contribution in [2.24, 2.45) is 5.73 Å². The van der Waals surface area contributed by atoms with Gasteiger partial charge in [-0.2, -0.15) is 0 Å². The fraction of sp³-hybridized carbons (Fsp3) is 0.333. The Morgan fingerprint density at radius 2 is 2.24 bits per heavy atom. The van der Waals surface area contributed by atoms with E-state index in [2.05, 4.69) is 11.1 Å². The number of nitrogens with one attached hydrogen (secondary N) is 1. The zero-order chi connectivity index (χ0) is 12.4. The summed E-state index contributed by atoms with van der Waals surface area (Å²) in [5.74, 6) is -0.274. The Balaban J connectivity index is 2.15. The minimum atomic E-state index is -0.274. The number of nitrogens with zero attached hydrogens (tertiary/aromatic N) is 1. The minimum Gasteiger partial charge on any atom is -0.365 e. The van der Waals surface area contributed by atoms with E-state index in [1.807, 2.05) is 32.2 Å². The Labute approximate surface area is 104 Å². The number of carbonyl (C=O) groups excluding carboxylic acids is 1. The number of fused-ring (bicyclic) bond motifs is 1. The van der Waals surface area contributed by atoms with Crippen molar-refractivity contribution in [3.05, 3.63) is 29.3 Å². The van der Waals surface area contributed by atoms with Crippen molar-refractivity contribution in [1.82, 2.24) is 4.98 Å². The van der Waals surface area contributed by atoms with Gasteiger partial charge in [0.25, 0.3) is 5.91 Å². The third-order valence-electron chi connectivity index (χ3n) is 2.93. The van der Waals surface area contributed by atoms with E-state index in [4.69, 9.17) is 5.73 Å². The lowest BCUT2D eigenvalue weighted by molar-refractivity contribution is -0.907. The Morgan fingerprint density at radius 1 is 1.53 bits per heavy atom. The summed E-state index contributed by atoms with van der Waals surface area (Å²) in [6, 6.07) is 7.86. The molecule has 1 heterocycles. The molecule has 0 radical (unpaired) electrons. The van der Waals surface area contributed by atoms with Crippen LogP contribution < -0.4 is 10.6 Å². The van der Waals surface area contributed by atoms with Gasteiger partial charge in [0.1, 0.15) is 11.6 Å². The van der Waals surface area contributed by atoms with E-state index in [0.717, 1.165) is 22.0 Å². The van der Waals surface area contributed by atoms with Crippen molar-refractivity contribution in [3.8, 4) is 0 Å². The summed E-state index contributed by atoms with van der Waals surface area (Å²) in [5, 5.41) is 1.04. The topological polar surface area (TPSA) is 60.4 Å². The number of benzene rings is 1. The van der Waals surface area contributed by atoms with E-state index in [-0.39, 0.29) is 11.9 Å². The number of quaternary nitrogens is 1. The van der Waals surface area contributed by atoms with E-state index < -0.39 is 0 Å². The largest absolute Gasteiger partial charge is 0.365 e. The molecule has 2 atom stereocenters. The quantitative estimate of drug-likeness (QED) is 0.813. The third kappa shape index (κ3) is 2.62. The smallest absolute Gasteiger partial charge is 0.275 e. The Morgan fingerprint density at radius 3 is 2.88 bits per heavy atom. The highest BCUT2D eigenvalue weighted by molar-refractivity contribution is 7.18. The molecule has 0 saturated carbocycles. The molecule has 0 aliphatic heterocycles. The lowest BCUT2D eigenvalue weighted by Crippen LogP contribution is -3.12. The minimum absolute atomic E-state index is 0.193. The molecular weight excluding hydrogens is 234 g/mol. The second-order valence-corrected chi connectivity index (χ2v) is 5.34. The van der Waals surface area contributed by atoms with Crippen LogP contribution in [0.15, 0.2) is 24.3 Å². The van der Waals surface area contributed by atoms with Crippen LogP contribution in [0.4, 0.5) is 0 Å². The van der Waals surface area contributed by atoms with Gasteiger partial charge in [-0.15, -0.1) is 11.3 Å². The standard InChI is InChI=1S/C12H15N3OS/c1-8(12(13)16)15(2)7-11-14-9-5-3-4-6-10(9)17-11/h3-6,8H,7H2,1-2H3,(H2,13,16)/p+1/t8-/m0/s1. The van der Waals surface area contributed by atoms with Crippen LogP contribution in [0.5, 0.6) is 0 Å². The first kappa shape index (κ1) is 12.0. The van der Waals surface area contributed by atoms with Gasteiger partial charge in [-0.3, -0.25) is 4.79 Å². The van der Waals surface area contributed by atoms with Crippen molar-refractivity contribution in [1.29, 1.82) is 0 Å². The molecule has 1 amide bonds. The van der Waals surface area contributed by atoms with Crippen LogP contribution >= 0.6 is 11.3 Å². The first-order valence-corrected chi connectivity index (χ1v) is 6.35. The van der Waals surface area contributed by atoms with E-state index in [0.29, 0.717) is 0 Å². The molecule has 0 bridgehead atoms. The lowest BCUT2D eigenvalue weighted by atomic mass is 10.3. The number of likely N-dealkylation sites (N-methyl/N-ethyl adjacent to an activating group) is 1. The molecule has 3 N–H and O–H groups in total. The van der Waals surface area contributed by atoms with Gasteiger partial charge in [-0.05, 0) is 19.1 Å². The summed E-state index contributed by atoms with van der Waals surface area (Å²) in [6.07, 6.45) is 0. The van der Waals surface area contributed by atoms with Crippen molar-refractivity contribution in [2.45, 2.75) is 19.5 Å². The van der Waals surface area contributed by atoms with Gasteiger partial charge in [-0.1, -0.05) is 12.1 Å². The molecule has 17 heavy (non-hydrogen) atoms. The zero-order valence-corrected chi connectivity index (χ0v) is 10.8. The summed E-state index contributed by atoms with van der Waals surface area (Å²) in [6.45, 7) is 2.56. The number of para-hydroxylation sites is 1. The summed E-state index contributed by atoms with van der Waals surface area (Å²) in [5.41, 5.74) is 6.31. The molecule has 0 spiro atoms. The first-order valence-electron chi connectivity index (χ1n) is 5.54. The number of primary amides is 1. The predicted octanol–water partition coefficient (Wildman–Crippen LogP) is 0.185. The van der Waals surface area contributed by atoms with Gasteiger partial charge in [-0.25, -0.2) is 4.98 Å². The van der Waals surface area contributed by atoms with Crippen LogP contribution in [-0.4, -0.2) is 24.0 Å². The number of rotatable bonds is 4. The maximum Gasteiger partial charge on any atom is 0.275 e. The SMILES string of the molecule is C[C@@H](C(N)=O)[NH+](C)Cc1nc2ccccc2s1. The van der Waals surface area contributed by atoms with Crippen LogP contribution in [0.1, 0.15) is 11.9 Å². The van der Waals surface area contributed by atoms with E-state index in [1.54, 1.807) is 11.3 Å². The number of aromatic nitrogens is 1.